The molecule has 0 radical (unpaired) electrons. The third kappa shape index (κ3) is 4.56. The Balaban J connectivity index is 1.91. The Bertz CT molecular complexity index is 950. The molecule has 0 spiro atoms. The van der Waals surface area contributed by atoms with E-state index in [1.807, 2.05) is 24.3 Å². The first-order valence-electron chi connectivity index (χ1n) is 10.3. The van der Waals surface area contributed by atoms with Crippen molar-refractivity contribution in [2.45, 2.75) is 52.0 Å². The summed E-state index contributed by atoms with van der Waals surface area (Å²) in [6.45, 7) is 9.09. The number of carbonyl (C=O) groups is 2. The lowest BCUT2D eigenvalue weighted by Crippen LogP contribution is -2.21. The summed E-state index contributed by atoms with van der Waals surface area (Å²) in [6.07, 6.45) is 2.02. The normalized spacial score (nSPS) is 18.3. The molecule has 1 heterocycles. The SMILES string of the molecule is CCCCOc1ccc(/C(O)=C2/C(=O)C(=O)NC2c2ccc(C(C)(C)C)cc2)cc1. The number of benzene rings is 2. The van der Waals surface area contributed by atoms with Crippen LogP contribution in [0, 0.1) is 0 Å². The second-order valence-electron chi connectivity index (χ2n) is 8.60. The third-order valence-corrected chi connectivity index (χ3v) is 5.27. The molecule has 0 bridgehead atoms. The molecule has 5 heteroatoms. The van der Waals surface area contributed by atoms with Crippen LogP contribution in [-0.4, -0.2) is 23.4 Å². The number of amides is 1. The van der Waals surface area contributed by atoms with Crippen LogP contribution < -0.4 is 10.1 Å². The standard InChI is InChI=1S/C25H29NO4/c1-5-6-15-30-19-13-9-17(10-14-19)22(27)20-21(26-24(29)23(20)28)16-7-11-18(12-8-16)25(2,3)4/h7-14,21,27H,5-6,15H2,1-4H3,(H,26,29)/b22-20-. The van der Waals surface area contributed by atoms with Crippen molar-refractivity contribution in [1.29, 1.82) is 0 Å². The number of hydrogen-bond donors (Lipinski definition) is 2. The van der Waals surface area contributed by atoms with Crippen molar-refractivity contribution >= 4 is 17.4 Å². The van der Waals surface area contributed by atoms with Gasteiger partial charge >= 0.3 is 0 Å². The van der Waals surface area contributed by atoms with E-state index in [-0.39, 0.29) is 16.7 Å². The van der Waals surface area contributed by atoms with Gasteiger partial charge in [0, 0.05) is 5.56 Å². The van der Waals surface area contributed by atoms with E-state index >= 15 is 0 Å². The summed E-state index contributed by atoms with van der Waals surface area (Å²) in [5.41, 5.74) is 2.44. The molecule has 1 aliphatic rings. The van der Waals surface area contributed by atoms with Crippen LogP contribution in [0.2, 0.25) is 0 Å². The number of Topliss-reactive ketones (excluding diaryl/α,β-unsaturated/α-hetero) is 1. The highest BCUT2D eigenvalue weighted by Crippen LogP contribution is 2.34. The average Bonchev–Trinajstić information content (AvgIpc) is 3.02. The third-order valence-electron chi connectivity index (χ3n) is 5.27. The van der Waals surface area contributed by atoms with Crippen LogP contribution in [0.1, 0.15) is 63.3 Å². The Labute approximate surface area is 177 Å². The van der Waals surface area contributed by atoms with Crippen LogP contribution in [0.5, 0.6) is 5.75 Å². The lowest BCUT2D eigenvalue weighted by Gasteiger charge is -2.20. The number of carbonyl (C=O) groups excluding carboxylic acids is 2. The number of rotatable bonds is 6. The number of unbranched alkanes of at least 4 members (excludes halogenated alkanes) is 1. The van der Waals surface area contributed by atoms with E-state index in [0.29, 0.717) is 17.9 Å². The first-order chi connectivity index (χ1) is 14.2. The van der Waals surface area contributed by atoms with Gasteiger partial charge in [-0.3, -0.25) is 9.59 Å². The average molecular weight is 408 g/mol. The topological polar surface area (TPSA) is 75.6 Å². The van der Waals surface area contributed by atoms with Crippen molar-refractivity contribution in [1.82, 2.24) is 5.32 Å². The fourth-order valence-electron chi connectivity index (χ4n) is 3.39. The Morgan fingerprint density at radius 1 is 1.03 bits per heavy atom. The fraction of sp³-hybridized carbons (Fsp3) is 0.360. The van der Waals surface area contributed by atoms with Crippen LogP contribution in [0.25, 0.3) is 5.76 Å². The number of aliphatic hydroxyl groups excluding tert-OH is 1. The molecule has 0 saturated carbocycles. The van der Waals surface area contributed by atoms with Crippen molar-refractivity contribution in [2.75, 3.05) is 6.61 Å². The van der Waals surface area contributed by atoms with Crippen LogP contribution in [0.4, 0.5) is 0 Å². The van der Waals surface area contributed by atoms with Gasteiger partial charge in [0.05, 0.1) is 18.2 Å². The van der Waals surface area contributed by atoms with E-state index in [1.165, 1.54) is 0 Å². The lowest BCUT2D eigenvalue weighted by atomic mass is 9.85. The number of hydrogen-bond acceptors (Lipinski definition) is 4. The van der Waals surface area contributed by atoms with E-state index in [4.69, 9.17) is 4.74 Å². The highest BCUT2D eigenvalue weighted by atomic mass is 16.5. The van der Waals surface area contributed by atoms with Crippen molar-refractivity contribution in [3.63, 3.8) is 0 Å². The molecule has 2 N–H and O–H groups in total. The molecular formula is C25H29NO4. The Morgan fingerprint density at radius 2 is 1.67 bits per heavy atom. The summed E-state index contributed by atoms with van der Waals surface area (Å²) in [4.78, 5) is 24.6. The highest BCUT2D eigenvalue weighted by Gasteiger charge is 2.39. The second-order valence-corrected chi connectivity index (χ2v) is 8.60. The fourth-order valence-corrected chi connectivity index (χ4v) is 3.39. The predicted molar refractivity (Wildman–Crippen MR) is 117 cm³/mol. The van der Waals surface area contributed by atoms with E-state index in [0.717, 1.165) is 24.0 Å². The number of ketones is 1. The molecule has 1 saturated heterocycles. The molecule has 158 valence electrons. The second kappa shape index (κ2) is 8.74. The molecule has 1 amide bonds. The molecule has 2 aromatic rings. The monoisotopic (exact) mass is 407 g/mol. The molecular weight excluding hydrogens is 378 g/mol. The minimum absolute atomic E-state index is 0.00493. The summed E-state index contributed by atoms with van der Waals surface area (Å²) < 4.78 is 5.64. The van der Waals surface area contributed by atoms with Gasteiger partial charge in [0.15, 0.2) is 0 Å². The van der Waals surface area contributed by atoms with Gasteiger partial charge in [-0.05, 0) is 47.2 Å². The molecule has 1 aliphatic heterocycles. The summed E-state index contributed by atoms with van der Waals surface area (Å²) in [5.74, 6) is -0.906. The summed E-state index contributed by atoms with van der Waals surface area (Å²) in [6, 6.07) is 14.0. The molecule has 1 unspecified atom stereocenters. The summed E-state index contributed by atoms with van der Waals surface area (Å²) in [7, 11) is 0. The first kappa shape index (κ1) is 21.6. The predicted octanol–water partition coefficient (Wildman–Crippen LogP) is 4.87. The molecule has 3 rings (SSSR count). The quantitative estimate of drug-likeness (QED) is 0.310. The molecule has 1 atom stereocenters. The maximum atomic E-state index is 12.5. The van der Waals surface area contributed by atoms with Crippen LogP contribution in [-0.2, 0) is 15.0 Å². The summed E-state index contributed by atoms with van der Waals surface area (Å²) >= 11 is 0. The highest BCUT2D eigenvalue weighted by molar-refractivity contribution is 6.46. The van der Waals surface area contributed by atoms with Gasteiger partial charge in [-0.25, -0.2) is 0 Å². The molecule has 30 heavy (non-hydrogen) atoms. The molecule has 5 nitrogen and oxygen atoms in total. The van der Waals surface area contributed by atoms with Gasteiger partial charge in [-0.15, -0.1) is 0 Å². The van der Waals surface area contributed by atoms with Gasteiger partial charge in [0.25, 0.3) is 11.7 Å². The van der Waals surface area contributed by atoms with Gasteiger partial charge in [0.1, 0.15) is 11.5 Å². The smallest absolute Gasteiger partial charge is 0.293 e. The molecule has 0 aromatic heterocycles. The largest absolute Gasteiger partial charge is 0.507 e. The van der Waals surface area contributed by atoms with Crippen LogP contribution in [0.3, 0.4) is 0 Å². The number of nitrogens with one attached hydrogen (secondary N) is 1. The van der Waals surface area contributed by atoms with Crippen LogP contribution in [0.15, 0.2) is 54.1 Å². The minimum Gasteiger partial charge on any atom is -0.507 e. The van der Waals surface area contributed by atoms with E-state index in [2.05, 4.69) is 33.0 Å². The molecule has 0 aliphatic carbocycles. The van der Waals surface area contributed by atoms with Crippen molar-refractivity contribution in [3.05, 3.63) is 70.8 Å². The molecule has 1 fully saturated rings. The van der Waals surface area contributed by atoms with Crippen LogP contribution >= 0.6 is 0 Å². The number of ether oxygens (including phenoxy) is 1. The number of aliphatic hydroxyl groups is 1. The van der Waals surface area contributed by atoms with Gasteiger partial charge in [-0.1, -0.05) is 58.4 Å². The maximum absolute atomic E-state index is 12.5. The zero-order valence-corrected chi connectivity index (χ0v) is 18.0. The van der Waals surface area contributed by atoms with Gasteiger partial charge < -0.3 is 15.2 Å². The first-order valence-corrected chi connectivity index (χ1v) is 10.3. The van der Waals surface area contributed by atoms with Gasteiger partial charge in [-0.2, -0.15) is 0 Å². The van der Waals surface area contributed by atoms with E-state index in [1.54, 1.807) is 24.3 Å². The zero-order valence-electron chi connectivity index (χ0n) is 18.0. The Hall–Kier alpha value is -3.08. The maximum Gasteiger partial charge on any atom is 0.293 e. The van der Waals surface area contributed by atoms with Crippen molar-refractivity contribution in [2.24, 2.45) is 0 Å². The van der Waals surface area contributed by atoms with Crippen molar-refractivity contribution < 1.29 is 19.4 Å². The Kier molecular flexibility index (Phi) is 6.30. The minimum atomic E-state index is -0.708. The van der Waals surface area contributed by atoms with E-state index in [9.17, 15) is 14.7 Å². The van der Waals surface area contributed by atoms with Gasteiger partial charge in [0.2, 0.25) is 0 Å². The lowest BCUT2D eigenvalue weighted by molar-refractivity contribution is -0.133. The summed E-state index contributed by atoms with van der Waals surface area (Å²) in [5, 5.41) is 13.5. The Morgan fingerprint density at radius 3 is 2.23 bits per heavy atom. The van der Waals surface area contributed by atoms with Crippen molar-refractivity contribution in [3.8, 4) is 5.75 Å². The zero-order chi connectivity index (χ0) is 21.9. The van der Waals surface area contributed by atoms with E-state index < -0.39 is 17.7 Å². The molecule has 2 aromatic carbocycles.